The van der Waals surface area contributed by atoms with Gasteiger partial charge in [0.15, 0.2) is 0 Å². The number of anilines is 1. The number of aliphatic hydroxyl groups excluding tert-OH is 1. The largest absolute Gasteiger partial charge is 0.396 e. The number of rotatable bonds is 6. The molecule has 0 aliphatic rings. The molecule has 4 nitrogen and oxygen atoms in total. The van der Waals surface area contributed by atoms with Crippen LogP contribution in [0.15, 0.2) is 11.7 Å². The van der Waals surface area contributed by atoms with E-state index in [1.54, 1.807) is 17.7 Å². The molecule has 2 aromatic heterocycles. The first-order valence-electron chi connectivity index (χ1n) is 6.25. The molecule has 98 valence electrons. The van der Waals surface area contributed by atoms with E-state index in [0.717, 1.165) is 37.1 Å². The summed E-state index contributed by atoms with van der Waals surface area (Å²) >= 11 is 1.71. The van der Waals surface area contributed by atoms with Gasteiger partial charge in [-0.05, 0) is 37.1 Å². The molecular formula is C13H19N3OS. The number of aliphatic hydroxyl groups is 1. The highest BCUT2D eigenvalue weighted by atomic mass is 32.1. The molecule has 0 fully saturated rings. The summed E-state index contributed by atoms with van der Waals surface area (Å²) in [4.78, 5) is 10.9. The van der Waals surface area contributed by atoms with Crippen LogP contribution in [0, 0.1) is 6.92 Å². The van der Waals surface area contributed by atoms with Crippen molar-refractivity contribution in [3.8, 4) is 0 Å². The second kappa shape index (κ2) is 6.11. The van der Waals surface area contributed by atoms with Gasteiger partial charge in [-0.2, -0.15) is 0 Å². The maximum absolute atomic E-state index is 8.76. The van der Waals surface area contributed by atoms with Crippen LogP contribution in [0.4, 0.5) is 5.82 Å². The van der Waals surface area contributed by atoms with Gasteiger partial charge >= 0.3 is 0 Å². The van der Waals surface area contributed by atoms with Crippen LogP contribution in [0.5, 0.6) is 0 Å². The quantitative estimate of drug-likeness (QED) is 0.816. The minimum absolute atomic E-state index is 0.283. The Balaban J connectivity index is 2.10. The number of hydrogen-bond donors (Lipinski definition) is 1. The minimum atomic E-state index is 0.283. The number of nitrogens with zero attached hydrogens (tertiary/aromatic N) is 3. The van der Waals surface area contributed by atoms with Gasteiger partial charge in [0, 0.05) is 20.2 Å². The molecule has 2 rings (SSSR count). The van der Waals surface area contributed by atoms with Crippen molar-refractivity contribution in [3.05, 3.63) is 17.3 Å². The second-order valence-corrected chi connectivity index (χ2v) is 5.38. The lowest BCUT2D eigenvalue weighted by Gasteiger charge is -2.18. The number of fused-ring (bicyclic) bond motifs is 1. The highest BCUT2D eigenvalue weighted by molar-refractivity contribution is 7.18. The second-order valence-electron chi connectivity index (χ2n) is 4.50. The molecule has 0 atom stereocenters. The van der Waals surface area contributed by atoms with Crippen LogP contribution >= 0.6 is 11.3 Å². The number of aromatic nitrogens is 2. The van der Waals surface area contributed by atoms with Crippen molar-refractivity contribution < 1.29 is 5.11 Å². The molecule has 0 radical (unpaired) electrons. The lowest BCUT2D eigenvalue weighted by Crippen LogP contribution is -2.19. The molecule has 0 aliphatic heterocycles. The monoisotopic (exact) mass is 265 g/mol. The third-order valence-electron chi connectivity index (χ3n) is 3.03. The molecule has 2 heterocycles. The fraction of sp³-hybridized carbons (Fsp3) is 0.538. The molecule has 0 spiro atoms. The van der Waals surface area contributed by atoms with Gasteiger partial charge in [-0.25, -0.2) is 9.97 Å². The molecule has 1 N–H and O–H groups in total. The van der Waals surface area contributed by atoms with Gasteiger partial charge in [0.2, 0.25) is 0 Å². The number of unbranched alkanes of at least 4 members (excludes halogenated alkanes) is 2. The zero-order valence-corrected chi connectivity index (χ0v) is 11.7. The Hall–Kier alpha value is -1.20. The number of aryl methyl sites for hydroxylation is 1. The van der Waals surface area contributed by atoms with Crippen LogP contribution in [0.1, 0.15) is 24.8 Å². The molecule has 5 heteroatoms. The smallest absolute Gasteiger partial charge is 0.149 e. The van der Waals surface area contributed by atoms with E-state index >= 15 is 0 Å². The predicted octanol–water partition coefficient (Wildman–Crippen LogP) is 2.60. The van der Waals surface area contributed by atoms with Crippen LogP contribution in [-0.2, 0) is 0 Å². The molecule has 0 saturated carbocycles. The topological polar surface area (TPSA) is 49.2 Å². The summed E-state index contributed by atoms with van der Waals surface area (Å²) < 4.78 is 1.17. The highest BCUT2D eigenvalue weighted by Gasteiger charge is 2.11. The van der Waals surface area contributed by atoms with Gasteiger partial charge in [0.05, 0.1) is 10.2 Å². The normalized spacial score (nSPS) is 11.1. The highest BCUT2D eigenvalue weighted by Crippen LogP contribution is 2.30. The van der Waals surface area contributed by atoms with Crippen LogP contribution in [0.3, 0.4) is 0 Å². The van der Waals surface area contributed by atoms with E-state index in [0.29, 0.717) is 0 Å². The zero-order valence-electron chi connectivity index (χ0n) is 10.9. The molecule has 2 aromatic rings. The Kier molecular flexibility index (Phi) is 4.49. The Morgan fingerprint density at radius 2 is 2.11 bits per heavy atom. The van der Waals surface area contributed by atoms with Gasteiger partial charge in [0.1, 0.15) is 12.1 Å². The van der Waals surface area contributed by atoms with E-state index < -0.39 is 0 Å². The molecule has 0 amide bonds. The molecular weight excluding hydrogens is 246 g/mol. The molecule has 0 unspecified atom stereocenters. The standard InChI is InChI=1S/C13H19N3OS/c1-10-8-18-12-11(10)14-9-15-13(12)16(2)6-4-3-5-7-17/h8-9,17H,3-7H2,1-2H3. The Morgan fingerprint density at radius 1 is 1.28 bits per heavy atom. The summed E-state index contributed by atoms with van der Waals surface area (Å²) in [6.07, 6.45) is 4.65. The molecule has 0 aromatic carbocycles. The maximum Gasteiger partial charge on any atom is 0.149 e. The summed E-state index contributed by atoms with van der Waals surface area (Å²) in [5.41, 5.74) is 2.28. The molecule has 0 aliphatic carbocycles. The molecule has 0 bridgehead atoms. The summed E-state index contributed by atoms with van der Waals surface area (Å²) in [6.45, 7) is 3.32. The van der Waals surface area contributed by atoms with E-state index in [1.165, 1.54) is 10.3 Å². The van der Waals surface area contributed by atoms with Crippen molar-refractivity contribution in [2.45, 2.75) is 26.2 Å². The van der Waals surface area contributed by atoms with Gasteiger partial charge < -0.3 is 10.0 Å². The van der Waals surface area contributed by atoms with E-state index in [-0.39, 0.29) is 6.61 Å². The Bertz CT molecular complexity index is 512. The van der Waals surface area contributed by atoms with Gasteiger partial charge in [-0.15, -0.1) is 11.3 Å². The first kappa shape index (κ1) is 13.2. The van der Waals surface area contributed by atoms with Gasteiger partial charge in [0.25, 0.3) is 0 Å². The number of thiophene rings is 1. The summed E-state index contributed by atoms with van der Waals surface area (Å²) in [7, 11) is 2.07. The minimum Gasteiger partial charge on any atom is -0.396 e. The fourth-order valence-corrected chi connectivity index (χ4v) is 3.02. The number of hydrogen-bond acceptors (Lipinski definition) is 5. The van der Waals surface area contributed by atoms with Crippen molar-refractivity contribution in [2.24, 2.45) is 0 Å². The van der Waals surface area contributed by atoms with Crippen molar-refractivity contribution >= 4 is 27.4 Å². The summed E-state index contributed by atoms with van der Waals surface area (Å²) in [5, 5.41) is 10.9. The lowest BCUT2D eigenvalue weighted by atomic mass is 10.2. The summed E-state index contributed by atoms with van der Waals surface area (Å²) in [5.74, 6) is 1.02. The van der Waals surface area contributed by atoms with Crippen molar-refractivity contribution in [2.75, 3.05) is 25.1 Å². The first-order valence-corrected chi connectivity index (χ1v) is 7.13. The van der Waals surface area contributed by atoms with Gasteiger partial charge in [-0.3, -0.25) is 0 Å². The third kappa shape index (κ3) is 2.79. The van der Waals surface area contributed by atoms with Crippen molar-refractivity contribution in [1.82, 2.24) is 9.97 Å². The van der Waals surface area contributed by atoms with Crippen LogP contribution in [0.2, 0.25) is 0 Å². The average Bonchev–Trinajstić information content (AvgIpc) is 2.76. The maximum atomic E-state index is 8.76. The molecule has 0 saturated heterocycles. The van der Waals surface area contributed by atoms with Crippen molar-refractivity contribution in [3.63, 3.8) is 0 Å². The summed E-state index contributed by atoms with van der Waals surface area (Å²) in [6, 6.07) is 0. The first-order chi connectivity index (χ1) is 8.74. The fourth-order valence-electron chi connectivity index (χ4n) is 1.97. The SMILES string of the molecule is Cc1csc2c(N(C)CCCCCO)ncnc12. The van der Waals surface area contributed by atoms with Crippen LogP contribution in [0.25, 0.3) is 10.2 Å². The van der Waals surface area contributed by atoms with Crippen LogP contribution < -0.4 is 4.90 Å². The van der Waals surface area contributed by atoms with Crippen LogP contribution in [-0.4, -0.2) is 35.3 Å². The lowest BCUT2D eigenvalue weighted by molar-refractivity contribution is 0.283. The van der Waals surface area contributed by atoms with Crippen molar-refractivity contribution in [1.29, 1.82) is 0 Å². The van der Waals surface area contributed by atoms with E-state index in [2.05, 4.69) is 34.2 Å². The zero-order chi connectivity index (χ0) is 13.0. The van der Waals surface area contributed by atoms with Gasteiger partial charge in [-0.1, -0.05) is 0 Å². The van der Waals surface area contributed by atoms with E-state index in [1.807, 2.05) is 0 Å². The van der Waals surface area contributed by atoms with E-state index in [9.17, 15) is 0 Å². The van der Waals surface area contributed by atoms with E-state index in [4.69, 9.17) is 5.11 Å². The Labute approximate surface area is 111 Å². The predicted molar refractivity (Wildman–Crippen MR) is 76.4 cm³/mol. The average molecular weight is 265 g/mol. The third-order valence-corrected chi connectivity index (χ3v) is 4.11. The Morgan fingerprint density at radius 3 is 2.89 bits per heavy atom. The molecule has 18 heavy (non-hydrogen) atoms.